The zero-order chi connectivity index (χ0) is 17.1. The highest BCUT2D eigenvalue weighted by Gasteiger charge is 2.17. The van der Waals surface area contributed by atoms with Gasteiger partial charge in [0.25, 0.3) is 5.91 Å². The Morgan fingerprint density at radius 2 is 1.91 bits per heavy atom. The number of carboxylic acid groups (broad SMARTS) is 1. The number of aromatic carboxylic acids is 1. The molecule has 0 unspecified atom stereocenters. The third-order valence-corrected chi connectivity index (χ3v) is 3.12. The Morgan fingerprint density at radius 1 is 1.22 bits per heavy atom. The predicted molar refractivity (Wildman–Crippen MR) is 85.3 cm³/mol. The van der Waals surface area contributed by atoms with E-state index in [1.165, 1.54) is 18.2 Å². The molecule has 23 heavy (non-hydrogen) atoms. The number of rotatable bonds is 5. The molecule has 122 valence electrons. The minimum absolute atomic E-state index is 0.0662. The van der Waals surface area contributed by atoms with E-state index in [0.717, 1.165) is 0 Å². The van der Waals surface area contributed by atoms with Crippen molar-refractivity contribution in [3.8, 4) is 5.75 Å². The van der Waals surface area contributed by atoms with E-state index in [4.69, 9.17) is 14.3 Å². The molecule has 1 aromatic heterocycles. The standard InChI is InChI=1S/C17H19NO5/c1-9(2)22-15-6-5-12(17(20)21)8-14(15)18-16(19)13-7-10(3)23-11(13)4/h5-9H,1-4H3,(H,18,19)(H,20,21). The third-order valence-electron chi connectivity index (χ3n) is 3.12. The first kappa shape index (κ1) is 16.6. The van der Waals surface area contributed by atoms with Gasteiger partial charge in [-0.3, -0.25) is 4.79 Å². The normalized spacial score (nSPS) is 10.7. The zero-order valence-corrected chi connectivity index (χ0v) is 13.5. The van der Waals surface area contributed by atoms with Crippen LogP contribution in [-0.4, -0.2) is 23.1 Å². The smallest absolute Gasteiger partial charge is 0.335 e. The lowest BCUT2D eigenvalue weighted by Gasteiger charge is -2.15. The Labute approximate surface area is 134 Å². The van der Waals surface area contributed by atoms with Crippen LogP contribution in [0.1, 0.15) is 46.1 Å². The minimum Gasteiger partial charge on any atom is -0.489 e. The Hall–Kier alpha value is -2.76. The van der Waals surface area contributed by atoms with Crippen molar-refractivity contribution in [2.24, 2.45) is 0 Å². The second-order valence-corrected chi connectivity index (χ2v) is 5.46. The molecule has 0 fully saturated rings. The summed E-state index contributed by atoms with van der Waals surface area (Å²) >= 11 is 0. The lowest BCUT2D eigenvalue weighted by Crippen LogP contribution is -2.15. The van der Waals surface area contributed by atoms with E-state index in [-0.39, 0.29) is 17.6 Å². The van der Waals surface area contributed by atoms with Crippen molar-refractivity contribution in [3.05, 3.63) is 46.9 Å². The number of furan rings is 1. The van der Waals surface area contributed by atoms with Crippen molar-refractivity contribution >= 4 is 17.6 Å². The fourth-order valence-electron chi connectivity index (χ4n) is 2.16. The van der Waals surface area contributed by atoms with Crippen LogP contribution in [0.5, 0.6) is 5.75 Å². The summed E-state index contributed by atoms with van der Waals surface area (Å²) in [5.41, 5.74) is 0.775. The van der Waals surface area contributed by atoms with Crippen LogP contribution in [-0.2, 0) is 0 Å². The highest BCUT2D eigenvalue weighted by atomic mass is 16.5. The average Bonchev–Trinajstić information content (AvgIpc) is 2.79. The number of nitrogens with one attached hydrogen (secondary N) is 1. The largest absolute Gasteiger partial charge is 0.489 e. The molecular formula is C17H19NO5. The van der Waals surface area contributed by atoms with Gasteiger partial charge in [-0.25, -0.2) is 4.79 Å². The molecule has 2 rings (SSSR count). The van der Waals surface area contributed by atoms with E-state index < -0.39 is 5.97 Å². The first-order valence-corrected chi connectivity index (χ1v) is 7.20. The van der Waals surface area contributed by atoms with Gasteiger partial charge in [0.2, 0.25) is 0 Å². The first-order chi connectivity index (χ1) is 10.8. The highest BCUT2D eigenvalue weighted by molar-refractivity contribution is 6.06. The van der Waals surface area contributed by atoms with Crippen LogP contribution in [0.4, 0.5) is 5.69 Å². The van der Waals surface area contributed by atoms with Crippen LogP contribution < -0.4 is 10.1 Å². The number of hydrogen-bond donors (Lipinski definition) is 2. The molecule has 2 N–H and O–H groups in total. The van der Waals surface area contributed by atoms with E-state index in [0.29, 0.717) is 28.5 Å². The maximum atomic E-state index is 12.4. The Bertz CT molecular complexity index is 745. The molecule has 2 aromatic rings. The van der Waals surface area contributed by atoms with Crippen molar-refractivity contribution in [2.45, 2.75) is 33.8 Å². The Morgan fingerprint density at radius 3 is 2.43 bits per heavy atom. The first-order valence-electron chi connectivity index (χ1n) is 7.20. The van der Waals surface area contributed by atoms with Crippen LogP contribution in [0, 0.1) is 13.8 Å². The summed E-state index contributed by atoms with van der Waals surface area (Å²) in [5.74, 6) is 0.0879. The third kappa shape index (κ3) is 3.91. The lowest BCUT2D eigenvalue weighted by atomic mass is 10.1. The molecule has 0 radical (unpaired) electrons. The van der Waals surface area contributed by atoms with Crippen molar-refractivity contribution in [2.75, 3.05) is 5.32 Å². The quantitative estimate of drug-likeness (QED) is 0.879. The fraction of sp³-hybridized carbons (Fsp3) is 0.294. The SMILES string of the molecule is Cc1cc(C(=O)Nc2cc(C(=O)O)ccc2OC(C)C)c(C)o1. The van der Waals surface area contributed by atoms with Crippen LogP contribution in [0.3, 0.4) is 0 Å². The summed E-state index contributed by atoms with van der Waals surface area (Å²) in [6.45, 7) is 7.14. The summed E-state index contributed by atoms with van der Waals surface area (Å²) < 4.78 is 11.0. The van der Waals surface area contributed by atoms with Gasteiger partial charge in [0.05, 0.1) is 22.9 Å². The van der Waals surface area contributed by atoms with Crippen molar-refractivity contribution < 1.29 is 23.8 Å². The number of ether oxygens (including phenoxy) is 1. The van der Waals surface area contributed by atoms with Crippen LogP contribution in [0.2, 0.25) is 0 Å². The second kappa shape index (κ2) is 6.56. The van der Waals surface area contributed by atoms with Crippen molar-refractivity contribution in [3.63, 3.8) is 0 Å². The van der Waals surface area contributed by atoms with E-state index in [1.807, 2.05) is 13.8 Å². The van der Waals surface area contributed by atoms with Gasteiger partial charge in [-0.05, 0) is 52.0 Å². The van der Waals surface area contributed by atoms with Crippen LogP contribution in [0.25, 0.3) is 0 Å². The van der Waals surface area contributed by atoms with E-state index in [1.54, 1.807) is 19.9 Å². The second-order valence-electron chi connectivity index (χ2n) is 5.46. The summed E-state index contributed by atoms with van der Waals surface area (Å²) in [6.07, 6.45) is -0.112. The molecule has 6 nitrogen and oxygen atoms in total. The summed E-state index contributed by atoms with van der Waals surface area (Å²) in [5, 5.41) is 11.8. The number of anilines is 1. The molecule has 0 saturated carbocycles. The molecule has 1 aromatic carbocycles. The van der Waals surface area contributed by atoms with Crippen molar-refractivity contribution in [1.82, 2.24) is 0 Å². The molecule has 6 heteroatoms. The predicted octanol–water partition coefficient (Wildman–Crippen LogP) is 3.63. The number of carbonyl (C=O) groups excluding carboxylic acids is 1. The van der Waals surface area contributed by atoms with Gasteiger partial charge in [-0.1, -0.05) is 0 Å². The summed E-state index contributed by atoms with van der Waals surface area (Å²) in [6, 6.07) is 5.98. The fourth-order valence-corrected chi connectivity index (χ4v) is 2.16. The van der Waals surface area contributed by atoms with E-state index >= 15 is 0 Å². The molecule has 0 saturated heterocycles. The summed E-state index contributed by atoms with van der Waals surface area (Å²) in [4.78, 5) is 23.5. The van der Waals surface area contributed by atoms with E-state index in [2.05, 4.69) is 5.32 Å². The topological polar surface area (TPSA) is 88.8 Å². The van der Waals surface area contributed by atoms with Gasteiger partial charge in [0.1, 0.15) is 17.3 Å². The minimum atomic E-state index is -1.08. The molecule has 1 heterocycles. The molecule has 0 aliphatic rings. The van der Waals surface area contributed by atoms with Gasteiger partial charge in [-0.2, -0.15) is 0 Å². The lowest BCUT2D eigenvalue weighted by molar-refractivity contribution is 0.0696. The van der Waals surface area contributed by atoms with Gasteiger partial charge in [0, 0.05) is 0 Å². The highest BCUT2D eigenvalue weighted by Crippen LogP contribution is 2.28. The summed E-state index contributed by atoms with van der Waals surface area (Å²) in [7, 11) is 0. The van der Waals surface area contributed by atoms with Gasteiger partial charge < -0.3 is 19.6 Å². The average molecular weight is 317 g/mol. The van der Waals surface area contributed by atoms with Crippen LogP contribution in [0.15, 0.2) is 28.7 Å². The number of benzene rings is 1. The molecular weight excluding hydrogens is 298 g/mol. The zero-order valence-electron chi connectivity index (χ0n) is 13.5. The van der Waals surface area contributed by atoms with Crippen molar-refractivity contribution in [1.29, 1.82) is 0 Å². The maximum Gasteiger partial charge on any atom is 0.335 e. The van der Waals surface area contributed by atoms with Gasteiger partial charge in [-0.15, -0.1) is 0 Å². The molecule has 0 aliphatic heterocycles. The van der Waals surface area contributed by atoms with Gasteiger partial charge >= 0.3 is 5.97 Å². The van der Waals surface area contributed by atoms with Gasteiger partial charge in [0.15, 0.2) is 0 Å². The molecule has 1 amide bonds. The number of aryl methyl sites for hydroxylation is 2. The van der Waals surface area contributed by atoms with Crippen LogP contribution >= 0.6 is 0 Å². The molecule has 0 atom stereocenters. The van der Waals surface area contributed by atoms with E-state index in [9.17, 15) is 9.59 Å². The Balaban J connectivity index is 2.35. The number of hydrogen-bond acceptors (Lipinski definition) is 4. The maximum absolute atomic E-state index is 12.4. The number of amides is 1. The number of carboxylic acids is 1. The number of carbonyl (C=O) groups is 2. The Kier molecular flexibility index (Phi) is 4.74. The molecule has 0 aliphatic carbocycles. The monoisotopic (exact) mass is 317 g/mol. The molecule has 0 bridgehead atoms. The molecule has 0 spiro atoms.